The second-order valence-corrected chi connectivity index (χ2v) is 6.24. The molecule has 0 saturated carbocycles. The molecule has 0 amide bonds. The summed E-state index contributed by atoms with van der Waals surface area (Å²) in [6.45, 7) is -0.125. The average Bonchev–Trinajstić information content (AvgIpc) is 3.11. The van der Waals surface area contributed by atoms with Crippen LogP contribution in [0, 0.1) is 0 Å². The summed E-state index contributed by atoms with van der Waals surface area (Å²) in [5, 5.41) is 9.85. The van der Waals surface area contributed by atoms with E-state index in [9.17, 15) is 5.11 Å². The van der Waals surface area contributed by atoms with Gasteiger partial charge in [-0.25, -0.2) is 0 Å². The van der Waals surface area contributed by atoms with Gasteiger partial charge in [0.15, 0.2) is 0 Å². The van der Waals surface area contributed by atoms with Crippen molar-refractivity contribution in [3.05, 3.63) is 66.4 Å². The van der Waals surface area contributed by atoms with Gasteiger partial charge in [-0.3, -0.25) is 0 Å². The number of hydrogen-bond donors (Lipinski definition) is 1. The predicted molar refractivity (Wildman–Crippen MR) is 91.1 cm³/mol. The van der Waals surface area contributed by atoms with Crippen LogP contribution < -0.4 is 0 Å². The van der Waals surface area contributed by atoms with Crippen molar-refractivity contribution >= 4 is 26.0 Å². The molecule has 2 heterocycles. The molecule has 5 heteroatoms. The Bertz CT molecular complexity index is 952. The number of aliphatic hydroxyl groups excluding tert-OH is 1. The summed E-state index contributed by atoms with van der Waals surface area (Å²) in [6.07, 6.45) is 0. The van der Waals surface area contributed by atoms with Crippen molar-refractivity contribution in [3.8, 4) is 22.4 Å². The minimum absolute atomic E-state index is 0.125. The summed E-state index contributed by atoms with van der Waals surface area (Å²) in [7, 11) is 0. The fourth-order valence-corrected chi connectivity index (χ4v) is 3.87. The van der Waals surface area contributed by atoms with Crippen LogP contribution in [-0.4, -0.2) is 33.0 Å². The molecule has 2 aromatic heterocycles. The van der Waals surface area contributed by atoms with Crippen molar-refractivity contribution in [2.45, 2.75) is 6.61 Å². The number of benzene rings is 2. The third-order valence-electron chi connectivity index (χ3n) is 3.74. The van der Waals surface area contributed by atoms with Crippen molar-refractivity contribution < 1.29 is 5.11 Å². The van der Waals surface area contributed by atoms with Gasteiger partial charge in [-0.15, -0.1) is 0 Å². The van der Waals surface area contributed by atoms with Crippen molar-refractivity contribution in [2.24, 2.45) is 0 Å². The molecule has 112 valence electrons. The van der Waals surface area contributed by atoms with Gasteiger partial charge in [-0.2, -0.15) is 0 Å². The van der Waals surface area contributed by atoms with Gasteiger partial charge < -0.3 is 0 Å². The molecule has 0 radical (unpaired) electrons. The zero-order chi connectivity index (χ0) is 15.6. The van der Waals surface area contributed by atoms with Crippen LogP contribution in [0.4, 0.5) is 0 Å². The molecule has 2 aromatic carbocycles. The van der Waals surface area contributed by atoms with E-state index in [4.69, 9.17) is 4.98 Å². The first kappa shape index (κ1) is 14.3. The fourth-order valence-electron chi connectivity index (χ4n) is 2.71. The quantitative estimate of drug-likeness (QED) is 0.567. The van der Waals surface area contributed by atoms with Gasteiger partial charge in [0.05, 0.1) is 0 Å². The van der Waals surface area contributed by atoms with E-state index < -0.39 is 0 Å². The molecule has 4 aromatic rings. The van der Waals surface area contributed by atoms with Crippen LogP contribution >= 0.6 is 0 Å². The first-order valence-corrected chi connectivity index (χ1v) is 8.78. The molecule has 0 bridgehead atoms. The minimum atomic E-state index is -0.162. The van der Waals surface area contributed by atoms with Gasteiger partial charge in [0.1, 0.15) is 0 Å². The van der Waals surface area contributed by atoms with Crippen molar-refractivity contribution in [2.75, 3.05) is 0 Å². The second-order valence-electron chi connectivity index (χ2n) is 5.13. The van der Waals surface area contributed by atoms with E-state index in [1.807, 2.05) is 60.7 Å². The van der Waals surface area contributed by atoms with Crippen LogP contribution in [0.3, 0.4) is 0 Å². The standard InChI is InChI=1S/C18H13N3OSe/c22-11-14-15(12-7-3-1-4-8-12)17-18(21-23-20-17)16(19-14)13-9-5-2-6-10-13/h1-10,22H,11H2. The summed E-state index contributed by atoms with van der Waals surface area (Å²) in [4.78, 5) is 4.72. The number of nitrogens with zero attached hydrogens (tertiary/aromatic N) is 3. The first-order valence-electron chi connectivity index (χ1n) is 7.25. The number of aromatic nitrogens is 3. The third-order valence-corrected chi connectivity index (χ3v) is 4.85. The Labute approximate surface area is 139 Å². The van der Waals surface area contributed by atoms with E-state index in [0.717, 1.165) is 33.4 Å². The summed E-state index contributed by atoms with van der Waals surface area (Å²) >= 11 is -0.162. The summed E-state index contributed by atoms with van der Waals surface area (Å²) in [6, 6.07) is 19.9. The molecule has 1 N–H and O–H groups in total. The van der Waals surface area contributed by atoms with Gasteiger partial charge in [0, 0.05) is 0 Å². The Hall–Kier alpha value is -2.33. The number of fused-ring (bicyclic) bond motifs is 1. The number of hydrogen-bond acceptors (Lipinski definition) is 4. The Kier molecular flexibility index (Phi) is 3.75. The van der Waals surface area contributed by atoms with Crippen molar-refractivity contribution in [3.63, 3.8) is 0 Å². The van der Waals surface area contributed by atoms with E-state index in [-0.39, 0.29) is 21.6 Å². The van der Waals surface area contributed by atoms with Crippen molar-refractivity contribution in [1.29, 1.82) is 0 Å². The van der Waals surface area contributed by atoms with Crippen LogP contribution in [0.5, 0.6) is 0 Å². The van der Waals surface area contributed by atoms with Crippen LogP contribution in [-0.2, 0) is 6.61 Å². The van der Waals surface area contributed by atoms with Gasteiger partial charge in [0.2, 0.25) is 0 Å². The molecule has 4 nitrogen and oxygen atoms in total. The molecule has 0 saturated heterocycles. The van der Waals surface area contributed by atoms with E-state index in [1.54, 1.807) is 0 Å². The molecule has 4 rings (SSSR count). The maximum absolute atomic E-state index is 9.85. The fraction of sp³-hybridized carbons (Fsp3) is 0.0556. The zero-order valence-electron chi connectivity index (χ0n) is 12.2. The molecular formula is C18H13N3OSe. The van der Waals surface area contributed by atoms with Crippen LogP contribution in [0.1, 0.15) is 5.69 Å². The van der Waals surface area contributed by atoms with Crippen LogP contribution in [0.15, 0.2) is 60.7 Å². The molecule has 0 unspecified atom stereocenters. The van der Waals surface area contributed by atoms with E-state index in [2.05, 4.69) is 7.96 Å². The normalized spacial score (nSPS) is 11.0. The van der Waals surface area contributed by atoms with Gasteiger partial charge >= 0.3 is 139 Å². The van der Waals surface area contributed by atoms with E-state index in [0.29, 0.717) is 5.69 Å². The predicted octanol–water partition coefficient (Wildman–Crippen LogP) is 2.91. The Balaban J connectivity index is 2.05. The number of rotatable bonds is 3. The van der Waals surface area contributed by atoms with Gasteiger partial charge in [0.25, 0.3) is 0 Å². The SMILES string of the molecule is OCc1nc(-c2ccccc2)c2n[se]nc2c1-c1ccccc1. The van der Waals surface area contributed by atoms with Crippen LogP contribution in [0.2, 0.25) is 0 Å². The van der Waals surface area contributed by atoms with Gasteiger partial charge in [-0.05, 0) is 0 Å². The van der Waals surface area contributed by atoms with Crippen molar-refractivity contribution in [1.82, 2.24) is 12.9 Å². The molecule has 0 atom stereocenters. The maximum atomic E-state index is 9.85. The molecular weight excluding hydrogens is 353 g/mol. The molecule has 0 aliphatic carbocycles. The zero-order valence-corrected chi connectivity index (χ0v) is 13.9. The van der Waals surface area contributed by atoms with Gasteiger partial charge in [-0.1, -0.05) is 0 Å². The topological polar surface area (TPSA) is 58.9 Å². The molecule has 0 aliphatic heterocycles. The molecule has 0 aliphatic rings. The Morgan fingerprint density at radius 2 is 1.39 bits per heavy atom. The number of pyridine rings is 1. The Morgan fingerprint density at radius 3 is 2.04 bits per heavy atom. The van der Waals surface area contributed by atoms with Crippen LogP contribution in [0.25, 0.3) is 33.4 Å². The monoisotopic (exact) mass is 367 g/mol. The summed E-state index contributed by atoms with van der Waals surface area (Å²) in [5.41, 5.74) is 6.04. The first-order chi connectivity index (χ1) is 11.4. The summed E-state index contributed by atoms with van der Waals surface area (Å²) < 4.78 is 9.20. The molecule has 0 fully saturated rings. The Morgan fingerprint density at radius 1 is 0.783 bits per heavy atom. The molecule has 0 spiro atoms. The average molecular weight is 366 g/mol. The third kappa shape index (κ3) is 2.49. The summed E-state index contributed by atoms with van der Waals surface area (Å²) in [5.74, 6) is 0. The van der Waals surface area contributed by atoms with E-state index in [1.165, 1.54) is 0 Å². The second kappa shape index (κ2) is 6.05. The molecule has 23 heavy (non-hydrogen) atoms. The number of aliphatic hydroxyl groups is 1. The van der Waals surface area contributed by atoms with E-state index >= 15 is 0 Å².